The fraction of sp³-hybridized carbons (Fsp3) is 0.500. The summed E-state index contributed by atoms with van der Waals surface area (Å²) in [5.74, 6) is 0.202. The van der Waals surface area contributed by atoms with Crippen LogP contribution in [-0.2, 0) is 4.74 Å². The second kappa shape index (κ2) is 9.26. The first-order chi connectivity index (χ1) is 9.20. The Labute approximate surface area is 112 Å². The Kier molecular flexibility index (Phi) is 8.43. The van der Waals surface area contributed by atoms with Crippen LogP contribution in [-0.4, -0.2) is 39.6 Å². The molecule has 1 fully saturated rings. The molecule has 2 rings (SSSR count). The van der Waals surface area contributed by atoms with Crippen LogP contribution in [0.15, 0.2) is 30.2 Å². The van der Waals surface area contributed by atoms with E-state index in [9.17, 15) is 4.79 Å². The molecule has 0 bridgehead atoms. The number of aliphatic hydroxyl groups excluding tert-OH is 2. The molecule has 108 valence electrons. The van der Waals surface area contributed by atoms with Crippen molar-refractivity contribution in [3.63, 3.8) is 0 Å². The van der Waals surface area contributed by atoms with Gasteiger partial charge in [-0.1, -0.05) is 0 Å². The first kappa shape index (κ1) is 17.3. The Morgan fingerprint density at radius 1 is 1.53 bits per heavy atom. The molecular formula is C12H21N3O4. The van der Waals surface area contributed by atoms with Crippen LogP contribution in [0.2, 0.25) is 0 Å². The highest BCUT2D eigenvalue weighted by molar-refractivity contribution is 5.23. The Hall–Kier alpha value is -1.70. The molecule has 1 aliphatic rings. The van der Waals surface area contributed by atoms with Crippen LogP contribution in [0.25, 0.3) is 0 Å². The Balaban J connectivity index is 0.000000741. The van der Waals surface area contributed by atoms with Crippen LogP contribution in [0.4, 0.5) is 5.82 Å². The molecule has 19 heavy (non-hydrogen) atoms. The van der Waals surface area contributed by atoms with Gasteiger partial charge in [0.15, 0.2) is 0 Å². The molecule has 0 aliphatic carbocycles. The molecule has 1 aromatic heterocycles. The van der Waals surface area contributed by atoms with Gasteiger partial charge in [-0.3, -0.25) is 4.57 Å². The van der Waals surface area contributed by atoms with E-state index in [-0.39, 0.29) is 24.8 Å². The van der Waals surface area contributed by atoms with Crippen LogP contribution < -0.4 is 11.4 Å². The fourth-order valence-corrected chi connectivity index (χ4v) is 1.67. The highest BCUT2D eigenvalue weighted by Crippen LogP contribution is 2.26. The number of nitrogen functional groups attached to an aromatic ring is 1. The highest BCUT2D eigenvalue weighted by atomic mass is 16.5. The van der Waals surface area contributed by atoms with Gasteiger partial charge in [0.1, 0.15) is 12.0 Å². The molecule has 1 aliphatic heterocycles. The van der Waals surface area contributed by atoms with Crippen molar-refractivity contribution in [1.29, 1.82) is 0 Å². The average molecular weight is 271 g/mol. The van der Waals surface area contributed by atoms with Crippen molar-refractivity contribution in [3.05, 3.63) is 35.9 Å². The van der Waals surface area contributed by atoms with Crippen molar-refractivity contribution in [2.45, 2.75) is 25.2 Å². The third-order valence-corrected chi connectivity index (χ3v) is 2.45. The summed E-state index contributed by atoms with van der Waals surface area (Å²) in [4.78, 5) is 15.1. The molecule has 0 amide bonds. The minimum absolute atomic E-state index is 0.0202. The smallest absolute Gasteiger partial charge is 0.351 e. The zero-order valence-electron chi connectivity index (χ0n) is 11.0. The number of nitrogens with zero attached hydrogens (tertiary/aromatic N) is 2. The zero-order chi connectivity index (χ0) is 14.8. The summed E-state index contributed by atoms with van der Waals surface area (Å²) in [6.45, 7) is 5.98. The van der Waals surface area contributed by atoms with Gasteiger partial charge in [0.2, 0.25) is 0 Å². The van der Waals surface area contributed by atoms with Crippen molar-refractivity contribution >= 4 is 5.82 Å². The second-order valence-corrected chi connectivity index (χ2v) is 3.51. The second-order valence-electron chi connectivity index (χ2n) is 3.51. The standard InChI is InChI=1S/C9H13N3O3.C2H4.CH4O/c10-7-3-4-12(9(14)11-7)8-2-1-6(5-13)15-8;2*1-2/h3-4,6,8,13H,1-2,5H2,(H2,10,11,14);1-2H2;2H,1H3. The predicted molar refractivity (Wildman–Crippen MR) is 72.5 cm³/mol. The molecule has 4 N–H and O–H groups in total. The van der Waals surface area contributed by atoms with E-state index in [1.807, 2.05) is 0 Å². The summed E-state index contributed by atoms with van der Waals surface area (Å²) in [5, 5.41) is 15.9. The summed E-state index contributed by atoms with van der Waals surface area (Å²) in [6, 6.07) is 1.55. The number of ether oxygens (including phenoxy) is 1. The average Bonchev–Trinajstić information content (AvgIpc) is 2.92. The van der Waals surface area contributed by atoms with Crippen molar-refractivity contribution in [2.75, 3.05) is 19.5 Å². The van der Waals surface area contributed by atoms with Gasteiger partial charge in [-0.2, -0.15) is 4.98 Å². The molecule has 7 nitrogen and oxygen atoms in total. The maximum Gasteiger partial charge on any atom is 0.351 e. The molecule has 2 heterocycles. The zero-order valence-corrected chi connectivity index (χ0v) is 11.0. The van der Waals surface area contributed by atoms with E-state index in [2.05, 4.69) is 18.1 Å². The number of aliphatic hydroxyl groups is 2. The van der Waals surface area contributed by atoms with Crippen LogP contribution in [0.5, 0.6) is 0 Å². The van der Waals surface area contributed by atoms with Crippen LogP contribution in [0, 0.1) is 0 Å². The van der Waals surface area contributed by atoms with E-state index in [0.29, 0.717) is 6.42 Å². The molecule has 2 atom stereocenters. The molecule has 2 unspecified atom stereocenters. The highest BCUT2D eigenvalue weighted by Gasteiger charge is 2.26. The molecule has 0 radical (unpaired) electrons. The molecule has 1 saturated heterocycles. The molecular weight excluding hydrogens is 250 g/mol. The fourth-order valence-electron chi connectivity index (χ4n) is 1.67. The summed E-state index contributed by atoms with van der Waals surface area (Å²) in [5.41, 5.74) is 4.96. The number of rotatable bonds is 2. The third kappa shape index (κ3) is 4.82. The number of hydrogen-bond donors (Lipinski definition) is 3. The molecule has 0 aromatic carbocycles. The van der Waals surface area contributed by atoms with Crippen molar-refractivity contribution in [1.82, 2.24) is 9.55 Å². The van der Waals surface area contributed by atoms with Gasteiger partial charge in [0.05, 0.1) is 12.7 Å². The number of anilines is 1. The molecule has 0 spiro atoms. The monoisotopic (exact) mass is 271 g/mol. The summed E-state index contributed by atoms with van der Waals surface area (Å²) < 4.78 is 6.84. The largest absolute Gasteiger partial charge is 0.400 e. The number of aromatic nitrogens is 2. The summed E-state index contributed by atoms with van der Waals surface area (Å²) in [6.07, 6.45) is 2.51. The number of nitrogens with two attached hydrogens (primary N) is 1. The lowest BCUT2D eigenvalue weighted by molar-refractivity contribution is -0.0245. The first-order valence-corrected chi connectivity index (χ1v) is 5.76. The normalized spacial score (nSPS) is 20.8. The summed E-state index contributed by atoms with van der Waals surface area (Å²) in [7, 11) is 1.00. The molecule has 1 aromatic rings. The summed E-state index contributed by atoms with van der Waals surface area (Å²) >= 11 is 0. The Morgan fingerprint density at radius 3 is 2.63 bits per heavy atom. The van der Waals surface area contributed by atoms with Gasteiger partial charge in [0.25, 0.3) is 0 Å². The quantitative estimate of drug-likeness (QED) is 0.648. The van der Waals surface area contributed by atoms with E-state index in [0.717, 1.165) is 13.5 Å². The van der Waals surface area contributed by atoms with Gasteiger partial charge in [-0.25, -0.2) is 4.79 Å². The third-order valence-electron chi connectivity index (χ3n) is 2.45. The SMILES string of the molecule is C=C.CO.Nc1ccn(C2CCC(CO)O2)c(=O)n1. The lowest BCUT2D eigenvalue weighted by atomic mass is 10.2. The first-order valence-electron chi connectivity index (χ1n) is 5.76. The Morgan fingerprint density at radius 2 is 2.16 bits per heavy atom. The van der Waals surface area contributed by atoms with E-state index < -0.39 is 5.69 Å². The van der Waals surface area contributed by atoms with E-state index >= 15 is 0 Å². The van der Waals surface area contributed by atoms with Crippen molar-refractivity contribution < 1.29 is 14.9 Å². The minimum atomic E-state index is -0.418. The number of hydrogen-bond acceptors (Lipinski definition) is 6. The lowest BCUT2D eigenvalue weighted by Gasteiger charge is -2.14. The van der Waals surface area contributed by atoms with Crippen LogP contribution in [0.1, 0.15) is 19.1 Å². The van der Waals surface area contributed by atoms with Gasteiger partial charge in [-0.05, 0) is 18.9 Å². The van der Waals surface area contributed by atoms with E-state index in [4.69, 9.17) is 20.7 Å². The van der Waals surface area contributed by atoms with Gasteiger partial charge in [-0.15, -0.1) is 13.2 Å². The van der Waals surface area contributed by atoms with Crippen LogP contribution >= 0.6 is 0 Å². The molecule has 7 heteroatoms. The van der Waals surface area contributed by atoms with Gasteiger partial charge in [0, 0.05) is 13.3 Å². The molecule has 0 saturated carbocycles. The van der Waals surface area contributed by atoms with Crippen molar-refractivity contribution in [3.8, 4) is 0 Å². The predicted octanol–water partition coefficient (Wildman–Crippen LogP) is -0.0939. The van der Waals surface area contributed by atoms with E-state index in [1.165, 1.54) is 4.57 Å². The topological polar surface area (TPSA) is 111 Å². The lowest BCUT2D eigenvalue weighted by Crippen LogP contribution is -2.27. The van der Waals surface area contributed by atoms with Gasteiger partial charge >= 0.3 is 5.69 Å². The van der Waals surface area contributed by atoms with Crippen LogP contribution in [0.3, 0.4) is 0 Å². The van der Waals surface area contributed by atoms with Gasteiger partial charge < -0.3 is 20.7 Å². The van der Waals surface area contributed by atoms with E-state index in [1.54, 1.807) is 12.3 Å². The maximum absolute atomic E-state index is 11.5. The van der Waals surface area contributed by atoms with Crippen molar-refractivity contribution in [2.24, 2.45) is 0 Å². The Bertz CT molecular complexity index is 422. The maximum atomic E-state index is 11.5. The minimum Gasteiger partial charge on any atom is -0.400 e.